The standard InChI is InChI=1S/C7H8BClO2.CH2O/c1-5-2-3-7(9)6(4-5)8(10)11;1-2/h2-4,10-11H,1H3;1H2. The molecule has 0 atom stereocenters. The van der Waals surface area contributed by atoms with Crippen LogP contribution in [-0.2, 0) is 4.79 Å². The number of aryl methyl sites for hydroxylation is 1. The Morgan fingerprint density at radius 1 is 1.38 bits per heavy atom. The zero-order valence-corrected chi connectivity index (χ0v) is 7.95. The van der Waals surface area contributed by atoms with E-state index in [-0.39, 0.29) is 0 Å². The summed E-state index contributed by atoms with van der Waals surface area (Å²) in [5.74, 6) is 0. The van der Waals surface area contributed by atoms with Gasteiger partial charge < -0.3 is 14.8 Å². The highest BCUT2D eigenvalue weighted by Gasteiger charge is 2.14. The van der Waals surface area contributed by atoms with Gasteiger partial charge in [0.05, 0.1) is 0 Å². The quantitative estimate of drug-likeness (QED) is 0.634. The lowest BCUT2D eigenvalue weighted by Crippen LogP contribution is -2.30. The number of hydrogen-bond acceptors (Lipinski definition) is 3. The molecule has 0 unspecified atom stereocenters. The zero-order chi connectivity index (χ0) is 10.4. The number of benzene rings is 1. The molecule has 0 aliphatic carbocycles. The fourth-order valence-corrected chi connectivity index (χ4v) is 1.08. The van der Waals surface area contributed by atoms with Gasteiger partial charge in [0.1, 0.15) is 6.79 Å². The molecule has 0 fully saturated rings. The highest BCUT2D eigenvalue weighted by molar-refractivity contribution is 6.62. The van der Waals surface area contributed by atoms with Crippen molar-refractivity contribution in [2.24, 2.45) is 0 Å². The number of carbonyl (C=O) groups is 1. The Bertz CT molecular complexity index is 278. The summed E-state index contributed by atoms with van der Waals surface area (Å²) < 4.78 is 0. The van der Waals surface area contributed by atoms with Crippen molar-refractivity contribution in [3.05, 3.63) is 28.8 Å². The SMILES string of the molecule is C=O.Cc1ccc(Cl)c(B(O)O)c1. The summed E-state index contributed by atoms with van der Waals surface area (Å²) in [4.78, 5) is 8.00. The van der Waals surface area contributed by atoms with Gasteiger partial charge in [-0.2, -0.15) is 0 Å². The predicted octanol–water partition coefficient (Wildman–Crippen LogP) is 0.143. The molecular formula is C8H10BClO3. The number of halogens is 1. The Morgan fingerprint density at radius 3 is 2.31 bits per heavy atom. The second-order valence-corrected chi connectivity index (χ2v) is 2.81. The molecule has 5 heteroatoms. The molecule has 2 N–H and O–H groups in total. The van der Waals surface area contributed by atoms with E-state index in [1.165, 1.54) is 0 Å². The second-order valence-electron chi connectivity index (χ2n) is 2.40. The molecule has 1 rings (SSSR count). The van der Waals surface area contributed by atoms with E-state index in [2.05, 4.69) is 0 Å². The molecule has 0 aromatic heterocycles. The first kappa shape index (κ1) is 12.2. The van der Waals surface area contributed by atoms with Crippen LogP contribution in [0.15, 0.2) is 18.2 Å². The number of hydrogen-bond donors (Lipinski definition) is 2. The monoisotopic (exact) mass is 200 g/mol. The lowest BCUT2D eigenvalue weighted by Gasteiger charge is -2.02. The minimum absolute atomic E-state index is 0.353. The molecule has 0 radical (unpaired) electrons. The molecule has 70 valence electrons. The van der Waals surface area contributed by atoms with Gasteiger partial charge >= 0.3 is 7.12 Å². The van der Waals surface area contributed by atoms with Gasteiger partial charge in [-0.05, 0) is 13.0 Å². The number of rotatable bonds is 1. The molecule has 0 saturated heterocycles. The Labute approximate surface area is 82.1 Å². The van der Waals surface area contributed by atoms with E-state index in [1.807, 2.05) is 19.8 Å². The molecule has 0 spiro atoms. The van der Waals surface area contributed by atoms with E-state index in [0.717, 1.165) is 5.56 Å². The largest absolute Gasteiger partial charge is 0.489 e. The van der Waals surface area contributed by atoms with Crippen LogP contribution in [0.2, 0.25) is 5.02 Å². The lowest BCUT2D eigenvalue weighted by molar-refractivity contribution is -0.0979. The van der Waals surface area contributed by atoms with Crippen molar-refractivity contribution in [1.82, 2.24) is 0 Å². The van der Waals surface area contributed by atoms with Crippen LogP contribution in [0.1, 0.15) is 5.56 Å². The van der Waals surface area contributed by atoms with Crippen molar-refractivity contribution in [2.75, 3.05) is 0 Å². The average Bonchev–Trinajstić information content (AvgIpc) is 2.12. The molecule has 0 aliphatic rings. The van der Waals surface area contributed by atoms with E-state index in [9.17, 15) is 0 Å². The molecule has 1 aromatic rings. The fraction of sp³-hybridized carbons (Fsp3) is 0.125. The van der Waals surface area contributed by atoms with Crippen molar-refractivity contribution >= 4 is 31.0 Å². The van der Waals surface area contributed by atoms with Crippen molar-refractivity contribution in [3.8, 4) is 0 Å². The molecule has 0 saturated carbocycles. The molecule has 13 heavy (non-hydrogen) atoms. The van der Waals surface area contributed by atoms with Gasteiger partial charge in [-0.3, -0.25) is 0 Å². The Hall–Kier alpha value is -0.835. The van der Waals surface area contributed by atoms with E-state index in [1.54, 1.807) is 12.1 Å². The summed E-state index contributed by atoms with van der Waals surface area (Å²) in [5.41, 5.74) is 1.31. The van der Waals surface area contributed by atoms with Gasteiger partial charge in [0.2, 0.25) is 0 Å². The smallest absolute Gasteiger partial charge is 0.423 e. The molecule has 0 amide bonds. The van der Waals surface area contributed by atoms with Crippen LogP contribution in [0.3, 0.4) is 0 Å². The van der Waals surface area contributed by atoms with Crippen LogP contribution < -0.4 is 5.46 Å². The molecule has 0 bridgehead atoms. The summed E-state index contributed by atoms with van der Waals surface area (Å²) in [5, 5.41) is 18.0. The lowest BCUT2D eigenvalue weighted by atomic mass is 9.79. The van der Waals surface area contributed by atoms with Crippen LogP contribution >= 0.6 is 11.6 Å². The molecule has 3 nitrogen and oxygen atoms in total. The van der Waals surface area contributed by atoms with Crippen molar-refractivity contribution in [2.45, 2.75) is 6.92 Å². The van der Waals surface area contributed by atoms with Gasteiger partial charge in [0.15, 0.2) is 0 Å². The van der Waals surface area contributed by atoms with Crippen molar-refractivity contribution in [1.29, 1.82) is 0 Å². The maximum absolute atomic E-state index is 8.80. The Balaban J connectivity index is 0.000000671. The first-order chi connectivity index (χ1) is 6.11. The molecular weight excluding hydrogens is 190 g/mol. The van der Waals surface area contributed by atoms with E-state index >= 15 is 0 Å². The average molecular weight is 200 g/mol. The summed E-state index contributed by atoms with van der Waals surface area (Å²) in [6.07, 6.45) is 0. The van der Waals surface area contributed by atoms with Gasteiger partial charge in [0, 0.05) is 10.5 Å². The first-order valence-corrected chi connectivity index (χ1v) is 3.90. The van der Waals surface area contributed by atoms with Crippen LogP contribution in [-0.4, -0.2) is 24.0 Å². The van der Waals surface area contributed by atoms with Crippen LogP contribution in [0.25, 0.3) is 0 Å². The Morgan fingerprint density at radius 2 is 1.92 bits per heavy atom. The summed E-state index contributed by atoms with van der Waals surface area (Å²) in [6.45, 7) is 3.86. The van der Waals surface area contributed by atoms with Gasteiger partial charge in [-0.15, -0.1) is 0 Å². The van der Waals surface area contributed by atoms with Crippen LogP contribution in [0.5, 0.6) is 0 Å². The van der Waals surface area contributed by atoms with E-state index in [4.69, 9.17) is 26.4 Å². The minimum atomic E-state index is -1.48. The summed E-state index contributed by atoms with van der Waals surface area (Å²) in [6, 6.07) is 5.10. The fourth-order valence-electron chi connectivity index (χ4n) is 0.861. The first-order valence-electron chi connectivity index (χ1n) is 3.52. The zero-order valence-electron chi connectivity index (χ0n) is 7.20. The third-order valence-electron chi connectivity index (χ3n) is 1.43. The maximum atomic E-state index is 8.80. The Kier molecular flexibility index (Phi) is 5.38. The van der Waals surface area contributed by atoms with Crippen LogP contribution in [0, 0.1) is 6.92 Å². The van der Waals surface area contributed by atoms with Gasteiger partial charge in [0.25, 0.3) is 0 Å². The van der Waals surface area contributed by atoms with Crippen molar-refractivity contribution < 1.29 is 14.8 Å². The third-order valence-corrected chi connectivity index (χ3v) is 1.77. The number of carbonyl (C=O) groups excluding carboxylic acids is 1. The van der Waals surface area contributed by atoms with Gasteiger partial charge in [-0.25, -0.2) is 0 Å². The van der Waals surface area contributed by atoms with E-state index in [0.29, 0.717) is 10.5 Å². The van der Waals surface area contributed by atoms with E-state index < -0.39 is 7.12 Å². The highest BCUT2D eigenvalue weighted by atomic mass is 35.5. The summed E-state index contributed by atoms with van der Waals surface area (Å²) >= 11 is 5.67. The third kappa shape index (κ3) is 3.59. The molecule has 1 aromatic carbocycles. The van der Waals surface area contributed by atoms with Gasteiger partial charge in [-0.1, -0.05) is 29.3 Å². The minimum Gasteiger partial charge on any atom is -0.423 e. The molecule has 0 aliphatic heterocycles. The second kappa shape index (κ2) is 5.75. The maximum Gasteiger partial charge on any atom is 0.489 e. The molecule has 0 heterocycles. The van der Waals surface area contributed by atoms with Crippen LogP contribution in [0.4, 0.5) is 0 Å². The van der Waals surface area contributed by atoms with Crippen molar-refractivity contribution in [3.63, 3.8) is 0 Å². The predicted molar refractivity (Wildman–Crippen MR) is 53.1 cm³/mol. The summed E-state index contributed by atoms with van der Waals surface area (Å²) in [7, 11) is -1.48. The normalized spacial score (nSPS) is 8.62. The highest BCUT2D eigenvalue weighted by Crippen LogP contribution is 2.06. The topological polar surface area (TPSA) is 57.5 Å².